The molecule has 0 spiro atoms. The van der Waals surface area contributed by atoms with E-state index in [-0.39, 0.29) is 10.8 Å². The highest BCUT2D eigenvalue weighted by molar-refractivity contribution is 7.90. The number of aryl methyl sites for hydroxylation is 1. The summed E-state index contributed by atoms with van der Waals surface area (Å²) >= 11 is 1.42. The van der Waals surface area contributed by atoms with Crippen molar-refractivity contribution in [3.63, 3.8) is 0 Å². The summed E-state index contributed by atoms with van der Waals surface area (Å²) in [5.74, 6) is 0.939. The van der Waals surface area contributed by atoms with Crippen LogP contribution in [0.4, 0.5) is 5.13 Å². The molecule has 0 radical (unpaired) electrons. The molecule has 10 heteroatoms. The lowest BCUT2D eigenvalue weighted by Crippen LogP contribution is -2.12. The lowest BCUT2D eigenvalue weighted by atomic mass is 10.0. The van der Waals surface area contributed by atoms with Gasteiger partial charge in [0.05, 0.1) is 16.3 Å². The standard InChI is InChI=1S/C29H30N4O4S2/c1-18-6-5-13-31-26(18)20-14-21(16-23(15-20)37-22-9-11-24(12-10-22)39(2,35)36)28(34)33-29-32-27(25(17-30)38-29)19-7-3-4-8-19/h5-6,9-16,19H,3-4,7-8,17,30H2,1-2H3,(H,32,33,34). The Labute approximate surface area is 232 Å². The molecule has 2 aromatic heterocycles. The third-order valence-electron chi connectivity index (χ3n) is 6.81. The van der Waals surface area contributed by atoms with Gasteiger partial charge >= 0.3 is 0 Å². The topological polar surface area (TPSA) is 124 Å². The summed E-state index contributed by atoms with van der Waals surface area (Å²) in [6.45, 7) is 2.35. The van der Waals surface area contributed by atoms with Crippen LogP contribution in [0.2, 0.25) is 0 Å². The monoisotopic (exact) mass is 562 g/mol. The first kappa shape index (κ1) is 27.0. The molecule has 0 bridgehead atoms. The molecule has 1 aliphatic carbocycles. The van der Waals surface area contributed by atoms with Gasteiger partial charge in [-0.15, -0.1) is 11.3 Å². The molecule has 39 heavy (non-hydrogen) atoms. The van der Waals surface area contributed by atoms with Crippen LogP contribution in [-0.2, 0) is 16.4 Å². The number of ether oxygens (including phenoxy) is 1. The average molecular weight is 563 g/mol. The lowest BCUT2D eigenvalue weighted by Gasteiger charge is -2.12. The highest BCUT2D eigenvalue weighted by atomic mass is 32.2. The fourth-order valence-corrected chi connectivity index (χ4v) is 6.41. The molecule has 1 saturated carbocycles. The van der Waals surface area contributed by atoms with E-state index in [9.17, 15) is 13.2 Å². The summed E-state index contributed by atoms with van der Waals surface area (Å²) in [5, 5.41) is 3.48. The van der Waals surface area contributed by atoms with Crippen molar-refractivity contribution in [3.05, 3.63) is 82.5 Å². The normalized spacial score (nSPS) is 13.9. The quantitative estimate of drug-likeness (QED) is 0.267. The Balaban J connectivity index is 1.47. The maximum atomic E-state index is 13.5. The van der Waals surface area contributed by atoms with Crippen molar-refractivity contribution in [1.29, 1.82) is 0 Å². The number of hydrogen-bond donors (Lipinski definition) is 2. The third kappa shape index (κ3) is 6.19. The second-order valence-corrected chi connectivity index (χ2v) is 12.8. The van der Waals surface area contributed by atoms with Crippen LogP contribution in [0.15, 0.2) is 65.7 Å². The largest absolute Gasteiger partial charge is 0.457 e. The van der Waals surface area contributed by atoms with Crippen LogP contribution in [0.1, 0.15) is 58.1 Å². The smallest absolute Gasteiger partial charge is 0.257 e. The van der Waals surface area contributed by atoms with E-state index in [1.54, 1.807) is 30.5 Å². The Bertz CT molecular complexity index is 1610. The van der Waals surface area contributed by atoms with E-state index < -0.39 is 9.84 Å². The van der Waals surface area contributed by atoms with Crippen molar-refractivity contribution >= 4 is 32.2 Å². The summed E-state index contributed by atoms with van der Waals surface area (Å²) in [6.07, 6.45) is 7.43. The molecular formula is C29H30N4O4S2. The van der Waals surface area contributed by atoms with Crippen LogP contribution in [0, 0.1) is 6.92 Å². The molecule has 0 saturated heterocycles. The molecule has 8 nitrogen and oxygen atoms in total. The molecule has 0 unspecified atom stereocenters. The minimum Gasteiger partial charge on any atom is -0.457 e. The number of carbonyl (C=O) groups is 1. The van der Waals surface area contributed by atoms with Crippen LogP contribution < -0.4 is 15.8 Å². The van der Waals surface area contributed by atoms with E-state index in [1.165, 1.54) is 36.3 Å². The molecule has 2 aromatic carbocycles. The van der Waals surface area contributed by atoms with Crippen LogP contribution >= 0.6 is 11.3 Å². The number of sulfone groups is 1. The highest BCUT2D eigenvalue weighted by Crippen LogP contribution is 2.38. The molecule has 5 rings (SSSR count). The van der Waals surface area contributed by atoms with Gasteiger partial charge in [-0.05, 0) is 73.9 Å². The van der Waals surface area contributed by atoms with Crippen LogP contribution in [-0.4, -0.2) is 30.5 Å². The lowest BCUT2D eigenvalue weighted by molar-refractivity contribution is 0.102. The van der Waals surface area contributed by atoms with Crippen molar-refractivity contribution in [2.24, 2.45) is 5.73 Å². The van der Waals surface area contributed by atoms with Crippen LogP contribution in [0.3, 0.4) is 0 Å². The molecule has 0 aliphatic heterocycles. The Morgan fingerprint density at radius 3 is 2.51 bits per heavy atom. The van der Waals surface area contributed by atoms with Gasteiger partial charge in [0.25, 0.3) is 5.91 Å². The van der Waals surface area contributed by atoms with Crippen molar-refractivity contribution in [2.45, 2.75) is 50.0 Å². The number of thiazole rings is 1. The van der Waals surface area contributed by atoms with Gasteiger partial charge in [0.15, 0.2) is 15.0 Å². The van der Waals surface area contributed by atoms with Crippen molar-refractivity contribution < 1.29 is 17.9 Å². The van der Waals surface area contributed by atoms with Crippen molar-refractivity contribution in [2.75, 3.05) is 11.6 Å². The van der Waals surface area contributed by atoms with Gasteiger partial charge in [0.2, 0.25) is 0 Å². The molecule has 1 fully saturated rings. The molecular weight excluding hydrogens is 532 g/mol. The van der Waals surface area contributed by atoms with E-state index >= 15 is 0 Å². The summed E-state index contributed by atoms with van der Waals surface area (Å²) in [4.78, 5) is 23.9. The number of anilines is 1. The van der Waals surface area contributed by atoms with E-state index in [0.717, 1.165) is 46.5 Å². The van der Waals surface area contributed by atoms with E-state index in [4.69, 9.17) is 15.5 Å². The molecule has 4 aromatic rings. The minimum absolute atomic E-state index is 0.199. The van der Waals surface area contributed by atoms with Crippen LogP contribution in [0.25, 0.3) is 11.3 Å². The molecule has 202 valence electrons. The fourth-order valence-electron chi connectivity index (χ4n) is 4.86. The Morgan fingerprint density at radius 1 is 1.10 bits per heavy atom. The number of nitrogens with two attached hydrogens (primary N) is 1. The van der Waals surface area contributed by atoms with Gasteiger partial charge in [0, 0.05) is 40.9 Å². The van der Waals surface area contributed by atoms with Gasteiger partial charge in [-0.1, -0.05) is 18.9 Å². The Kier molecular flexibility index (Phi) is 7.79. The fraction of sp³-hybridized carbons (Fsp3) is 0.276. The predicted octanol–water partition coefficient (Wildman–Crippen LogP) is 6.08. The van der Waals surface area contributed by atoms with Gasteiger partial charge in [-0.3, -0.25) is 15.1 Å². The number of amides is 1. The first-order chi connectivity index (χ1) is 18.7. The van der Waals surface area contributed by atoms with Crippen molar-refractivity contribution in [1.82, 2.24) is 9.97 Å². The minimum atomic E-state index is -3.33. The van der Waals surface area contributed by atoms with Gasteiger partial charge < -0.3 is 10.5 Å². The summed E-state index contributed by atoms with van der Waals surface area (Å²) in [5.41, 5.74) is 9.79. The van der Waals surface area contributed by atoms with Crippen LogP contribution in [0.5, 0.6) is 11.5 Å². The molecule has 0 atom stereocenters. The SMILES string of the molecule is Cc1cccnc1-c1cc(Oc2ccc(S(C)(=O)=O)cc2)cc(C(=O)Nc2nc(C3CCCC3)c(CN)s2)c1. The summed E-state index contributed by atoms with van der Waals surface area (Å²) < 4.78 is 29.7. The number of carbonyl (C=O) groups excluding carboxylic acids is 1. The summed E-state index contributed by atoms with van der Waals surface area (Å²) in [6, 6.07) is 15.2. The first-order valence-corrected chi connectivity index (χ1v) is 15.5. The average Bonchev–Trinajstić information content (AvgIpc) is 3.58. The maximum Gasteiger partial charge on any atom is 0.257 e. The zero-order valence-electron chi connectivity index (χ0n) is 21.8. The van der Waals surface area contributed by atoms with Crippen molar-refractivity contribution in [3.8, 4) is 22.8 Å². The number of rotatable bonds is 8. The molecule has 1 amide bonds. The number of pyridine rings is 1. The first-order valence-electron chi connectivity index (χ1n) is 12.8. The Morgan fingerprint density at radius 2 is 1.85 bits per heavy atom. The van der Waals surface area contributed by atoms with Gasteiger partial charge in [0.1, 0.15) is 11.5 Å². The number of nitrogens with zero attached hydrogens (tertiary/aromatic N) is 2. The number of nitrogens with one attached hydrogen (secondary N) is 1. The third-order valence-corrected chi connectivity index (χ3v) is 8.95. The molecule has 1 aliphatic rings. The van der Waals surface area contributed by atoms with Gasteiger partial charge in [-0.2, -0.15) is 0 Å². The molecule has 2 heterocycles. The molecule has 3 N–H and O–H groups in total. The van der Waals surface area contributed by atoms with Gasteiger partial charge in [-0.25, -0.2) is 13.4 Å². The maximum absolute atomic E-state index is 13.5. The second-order valence-electron chi connectivity index (χ2n) is 9.73. The number of hydrogen-bond acceptors (Lipinski definition) is 8. The Hall–Kier alpha value is -3.60. The second kappa shape index (κ2) is 11.3. The van der Waals surface area contributed by atoms with E-state index in [2.05, 4.69) is 10.3 Å². The highest BCUT2D eigenvalue weighted by Gasteiger charge is 2.24. The zero-order chi connectivity index (χ0) is 27.6. The number of benzene rings is 2. The van der Waals surface area contributed by atoms with E-state index in [1.807, 2.05) is 25.1 Å². The zero-order valence-corrected chi connectivity index (χ0v) is 23.4. The number of aromatic nitrogens is 2. The predicted molar refractivity (Wildman–Crippen MR) is 153 cm³/mol. The van der Waals surface area contributed by atoms with E-state index in [0.29, 0.717) is 34.7 Å². The summed E-state index contributed by atoms with van der Waals surface area (Å²) in [7, 11) is -3.33.